The zero-order chi connectivity index (χ0) is 20.1. The van der Waals surface area contributed by atoms with Gasteiger partial charge in [0.25, 0.3) is 0 Å². The Balaban J connectivity index is 1.50. The summed E-state index contributed by atoms with van der Waals surface area (Å²) >= 11 is 8.13. The Hall–Kier alpha value is -1.48. The van der Waals surface area contributed by atoms with E-state index in [4.69, 9.17) is 21.3 Å². The van der Waals surface area contributed by atoms with Gasteiger partial charge in [-0.15, -0.1) is 0 Å². The van der Waals surface area contributed by atoms with Gasteiger partial charge >= 0.3 is 0 Å². The summed E-state index contributed by atoms with van der Waals surface area (Å²) in [5, 5.41) is 12.0. The molecule has 0 amide bonds. The topological polar surface area (TPSA) is 51.7 Å². The minimum Gasteiger partial charge on any atom is -0.497 e. The minimum absolute atomic E-state index is 0.204. The third-order valence-electron chi connectivity index (χ3n) is 4.75. The molecule has 0 aliphatic carbocycles. The van der Waals surface area contributed by atoms with Crippen molar-refractivity contribution < 1.29 is 14.7 Å². The van der Waals surface area contributed by atoms with Crippen LogP contribution in [-0.4, -0.2) is 63.3 Å². The van der Waals surface area contributed by atoms with Crippen LogP contribution in [0.1, 0.15) is 32.6 Å². The third-order valence-corrected chi connectivity index (χ3v) is 6.14. The molecule has 0 bridgehead atoms. The fraction of sp³-hybridized carbons (Fsp3) is 0.579. The molecule has 2 aliphatic heterocycles. The summed E-state index contributed by atoms with van der Waals surface area (Å²) in [6.07, 6.45) is 3.43. The van der Waals surface area contributed by atoms with Crippen molar-refractivity contribution in [1.29, 1.82) is 0 Å². The number of ether oxygens (including phenoxy) is 2. The van der Waals surface area contributed by atoms with Crippen LogP contribution in [0.4, 0.5) is 0 Å². The molecule has 1 unspecified atom stereocenters. The standard InChI is InChI=1S/C19H29ClN4O3S/c1-4-7-18-23(20)17-14-21(2)28-22(19(17)24(18)25)12-5-6-13-27-16-10-8-15(26-3)9-11-16/h8-11,18,25H,4-7,12-14H2,1-3H3. The highest BCUT2D eigenvalue weighted by molar-refractivity contribution is 7.94. The molecule has 0 fully saturated rings. The van der Waals surface area contributed by atoms with Gasteiger partial charge in [0.1, 0.15) is 17.7 Å². The summed E-state index contributed by atoms with van der Waals surface area (Å²) in [7, 11) is 3.69. The first-order valence-electron chi connectivity index (χ1n) is 9.65. The highest BCUT2D eigenvalue weighted by Gasteiger charge is 2.42. The second-order valence-corrected chi connectivity index (χ2v) is 8.49. The molecule has 1 aromatic rings. The van der Waals surface area contributed by atoms with E-state index in [2.05, 4.69) is 15.5 Å². The van der Waals surface area contributed by atoms with E-state index in [-0.39, 0.29) is 6.17 Å². The highest BCUT2D eigenvalue weighted by atomic mass is 35.5. The molecule has 0 radical (unpaired) electrons. The molecule has 2 aliphatic rings. The van der Waals surface area contributed by atoms with Crippen molar-refractivity contribution in [2.75, 3.05) is 33.9 Å². The van der Waals surface area contributed by atoms with E-state index in [0.29, 0.717) is 13.2 Å². The average molecular weight is 429 g/mol. The monoisotopic (exact) mass is 428 g/mol. The Morgan fingerprint density at radius 1 is 1.21 bits per heavy atom. The van der Waals surface area contributed by atoms with Crippen LogP contribution in [0, 0.1) is 0 Å². The number of nitrogens with zero attached hydrogens (tertiary/aromatic N) is 4. The van der Waals surface area contributed by atoms with Crippen molar-refractivity contribution in [2.45, 2.75) is 38.8 Å². The lowest BCUT2D eigenvalue weighted by atomic mass is 10.3. The van der Waals surface area contributed by atoms with Gasteiger partial charge in [0.05, 0.1) is 26.0 Å². The third kappa shape index (κ3) is 4.74. The Morgan fingerprint density at radius 2 is 1.93 bits per heavy atom. The van der Waals surface area contributed by atoms with Gasteiger partial charge in [-0.3, -0.25) is 13.9 Å². The molecule has 0 spiro atoms. The molecule has 0 saturated carbocycles. The molecule has 9 heteroatoms. The molecule has 1 atom stereocenters. The van der Waals surface area contributed by atoms with Gasteiger partial charge in [0.2, 0.25) is 0 Å². The largest absolute Gasteiger partial charge is 0.497 e. The van der Waals surface area contributed by atoms with Crippen LogP contribution in [0.15, 0.2) is 35.8 Å². The van der Waals surface area contributed by atoms with Crippen LogP contribution >= 0.6 is 23.9 Å². The molecule has 1 aromatic carbocycles. The number of benzene rings is 1. The Kier molecular flexibility index (Phi) is 7.45. The van der Waals surface area contributed by atoms with E-state index in [1.807, 2.05) is 31.3 Å². The van der Waals surface area contributed by atoms with Crippen LogP contribution < -0.4 is 9.47 Å². The normalized spacial score (nSPS) is 20.0. The molecular weight excluding hydrogens is 400 g/mol. The van der Waals surface area contributed by atoms with Crippen molar-refractivity contribution in [3.8, 4) is 11.5 Å². The Morgan fingerprint density at radius 3 is 2.61 bits per heavy atom. The summed E-state index contributed by atoms with van der Waals surface area (Å²) in [5.74, 6) is 2.48. The number of hydroxylamine groups is 2. The summed E-state index contributed by atoms with van der Waals surface area (Å²) in [6.45, 7) is 4.26. The predicted octanol–water partition coefficient (Wildman–Crippen LogP) is 4.12. The number of hydrogen-bond donors (Lipinski definition) is 1. The fourth-order valence-electron chi connectivity index (χ4n) is 3.35. The second-order valence-electron chi connectivity index (χ2n) is 6.90. The number of unbranched alkanes of at least 4 members (excludes halogenated alkanes) is 1. The molecule has 2 heterocycles. The van der Waals surface area contributed by atoms with E-state index in [9.17, 15) is 5.21 Å². The van der Waals surface area contributed by atoms with Gasteiger partial charge in [0, 0.05) is 30.5 Å². The lowest BCUT2D eigenvalue weighted by Crippen LogP contribution is -2.37. The van der Waals surface area contributed by atoms with Crippen molar-refractivity contribution in [3.63, 3.8) is 0 Å². The van der Waals surface area contributed by atoms with Crippen LogP contribution in [0.5, 0.6) is 11.5 Å². The molecule has 7 nitrogen and oxygen atoms in total. The molecule has 1 N–H and O–H groups in total. The van der Waals surface area contributed by atoms with Crippen LogP contribution in [-0.2, 0) is 0 Å². The van der Waals surface area contributed by atoms with E-state index in [1.165, 1.54) is 5.06 Å². The number of halogens is 1. The van der Waals surface area contributed by atoms with Crippen molar-refractivity contribution in [1.82, 2.24) is 18.1 Å². The van der Waals surface area contributed by atoms with Crippen molar-refractivity contribution >= 4 is 23.9 Å². The molecule has 28 heavy (non-hydrogen) atoms. The smallest absolute Gasteiger partial charge is 0.164 e. The predicted molar refractivity (Wildman–Crippen MR) is 112 cm³/mol. The van der Waals surface area contributed by atoms with Crippen molar-refractivity contribution in [2.24, 2.45) is 0 Å². The quantitative estimate of drug-likeness (QED) is 0.358. The van der Waals surface area contributed by atoms with Gasteiger partial charge in [-0.1, -0.05) is 13.3 Å². The van der Waals surface area contributed by atoms with Gasteiger partial charge < -0.3 is 9.47 Å². The maximum Gasteiger partial charge on any atom is 0.164 e. The van der Waals surface area contributed by atoms with Crippen LogP contribution in [0.25, 0.3) is 0 Å². The molecule has 0 saturated heterocycles. The maximum atomic E-state index is 10.7. The summed E-state index contributed by atoms with van der Waals surface area (Å²) in [6, 6.07) is 7.61. The Labute approximate surface area is 176 Å². The fourth-order valence-corrected chi connectivity index (χ4v) is 4.65. The first kappa shape index (κ1) is 21.2. The number of hydrogen-bond acceptors (Lipinski definition) is 8. The first-order chi connectivity index (χ1) is 13.5. The minimum atomic E-state index is -0.204. The van der Waals surface area contributed by atoms with Gasteiger partial charge in [-0.2, -0.15) is 0 Å². The SMILES string of the molecule is CCCC1N(O)C2=C(CN(C)SN2CCCCOc2ccc(OC)cc2)N1Cl. The van der Waals surface area contributed by atoms with Gasteiger partial charge in [-0.25, -0.2) is 9.37 Å². The summed E-state index contributed by atoms with van der Waals surface area (Å²) in [5.41, 5.74) is 0.957. The first-order valence-corrected chi connectivity index (χ1v) is 10.7. The zero-order valence-corrected chi connectivity index (χ0v) is 18.2. The summed E-state index contributed by atoms with van der Waals surface area (Å²) < 4.78 is 16.9. The van der Waals surface area contributed by atoms with Gasteiger partial charge in [-0.05, 0) is 50.6 Å². The van der Waals surface area contributed by atoms with Crippen LogP contribution in [0.3, 0.4) is 0 Å². The Bertz CT molecular complexity index is 676. The van der Waals surface area contributed by atoms with E-state index in [0.717, 1.165) is 55.2 Å². The number of likely N-dealkylation sites (N-methyl/N-ethyl adjacent to an activating group) is 1. The molecule has 0 aromatic heterocycles. The second kappa shape index (κ2) is 9.82. The number of rotatable bonds is 9. The molecule has 156 valence electrons. The maximum absolute atomic E-state index is 10.7. The number of methoxy groups -OCH3 is 1. The molecule has 3 rings (SSSR count). The van der Waals surface area contributed by atoms with Crippen LogP contribution in [0.2, 0.25) is 0 Å². The lowest BCUT2D eigenvalue weighted by Gasteiger charge is -2.35. The summed E-state index contributed by atoms with van der Waals surface area (Å²) in [4.78, 5) is 0. The van der Waals surface area contributed by atoms with Crippen molar-refractivity contribution in [3.05, 3.63) is 35.8 Å². The molecular formula is C19H29ClN4O3S. The van der Waals surface area contributed by atoms with E-state index in [1.54, 1.807) is 23.7 Å². The van der Waals surface area contributed by atoms with Gasteiger partial charge in [0.15, 0.2) is 5.82 Å². The lowest BCUT2D eigenvalue weighted by molar-refractivity contribution is -0.116. The highest BCUT2D eigenvalue weighted by Crippen LogP contribution is 2.41. The van der Waals surface area contributed by atoms with E-state index < -0.39 is 0 Å². The zero-order valence-electron chi connectivity index (χ0n) is 16.7. The van der Waals surface area contributed by atoms with E-state index >= 15 is 0 Å². The average Bonchev–Trinajstić information content (AvgIpc) is 2.93.